The highest BCUT2D eigenvalue weighted by Gasteiger charge is 2.22. The Morgan fingerprint density at radius 1 is 0.929 bits per heavy atom. The van der Waals surface area contributed by atoms with Crippen LogP contribution in [-0.2, 0) is 16.1 Å². The van der Waals surface area contributed by atoms with Crippen LogP contribution in [-0.4, -0.2) is 54.3 Å². The molecule has 0 spiro atoms. The first-order chi connectivity index (χ1) is 13.5. The van der Waals surface area contributed by atoms with Crippen molar-refractivity contribution in [2.24, 2.45) is 0 Å². The Balaban J connectivity index is 1.48. The molecule has 0 N–H and O–H groups in total. The summed E-state index contributed by atoms with van der Waals surface area (Å²) in [5.74, 6) is 0.130. The zero-order valence-corrected chi connectivity index (χ0v) is 16.8. The number of carbonyl (C=O) groups excluding carboxylic acids is 2. The molecule has 1 aliphatic rings. The van der Waals surface area contributed by atoms with Crippen LogP contribution in [0.5, 0.6) is 0 Å². The molecule has 1 aliphatic heterocycles. The van der Waals surface area contributed by atoms with Crippen molar-refractivity contribution in [2.75, 3.05) is 37.6 Å². The first-order valence-electron chi connectivity index (χ1n) is 9.92. The van der Waals surface area contributed by atoms with Crippen LogP contribution in [0, 0.1) is 6.92 Å². The lowest BCUT2D eigenvalue weighted by Crippen LogP contribution is -2.49. The zero-order valence-electron chi connectivity index (χ0n) is 16.8. The third-order valence-electron chi connectivity index (χ3n) is 5.29. The van der Waals surface area contributed by atoms with E-state index in [4.69, 9.17) is 0 Å². The number of amides is 2. The summed E-state index contributed by atoms with van der Waals surface area (Å²) in [7, 11) is 0. The molecule has 5 heteroatoms. The fraction of sp³-hybridized carbons (Fsp3) is 0.391. The van der Waals surface area contributed by atoms with Crippen molar-refractivity contribution < 1.29 is 9.59 Å². The van der Waals surface area contributed by atoms with Crippen LogP contribution in [0.25, 0.3) is 0 Å². The van der Waals surface area contributed by atoms with Gasteiger partial charge in [0.25, 0.3) is 0 Å². The highest BCUT2D eigenvalue weighted by molar-refractivity contribution is 5.78. The summed E-state index contributed by atoms with van der Waals surface area (Å²) >= 11 is 0. The first kappa shape index (κ1) is 19.9. The Kier molecular flexibility index (Phi) is 6.69. The topological polar surface area (TPSA) is 43.9 Å². The van der Waals surface area contributed by atoms with Gasteiger partial charge < -0.3 is 14.7 Å². The minimum Gasteiger partial charge on any atom is -0.368 e. The highest BCUT2D eigenvalue weighted by Crippen LogP contribution is 2.16. The maximum Gasteiger partial charge on any atom is 0.224 e. The van der Waals surface area contributed by atoms with Gasteiger partial charge in [0.15, 0.2) is 0 Å². The Morgan fingerprint density at radius 3 is 2.18 bits per heavy atom. The molecule has 0 unspecified atom stereocenters. The fourth-order valence-electron chi connectivity index (χ4n) is 3.50. The minimum atomic E-state index is 0.00210. The molecule has 148 valence electrons. The standard InChI is InChI=1S/C23H29N3O2/c1-19-8-10-21(11-9-19)18-26(20(2)27)13-12-23(28)25-16-14-24(15-17-25)22-6-4-3-5-7-22/h3-11H,12-18H2,1-2H3. The monoisotopic (exact) mass is 379 g/mol. The second-order valence-corrected chi connectivity index (χ2v) is 7.38. The van der Waals surface area contributed by atoms with Crippen molar-refractivity contribution in [3.63, 3.8) is 0 Å². The van der Waals surface area contributed by atoms with E-state index in [9.17, 15) is 9.59 Å². The second-order valence-electron chi connectivity index (χ2n) is 7.38. The van der Waals surface area contributed by atoms with Gasteiger partial charge in [0.1, 0.15) is 0 Å². The number of hydrogen-bond donors (Lipinski definition) is 0. The number of nitrogens with zero attached hydrogens (tertiary/aromatic N) is 3. The second kappa shape index (κ2) is 9.40. The van der Waals surface area contributed by atoms with Crippen LogP contribution in [0.4, 0.5) is 5.69 Å². The number of benzene rings is 2. The number of hydrogen-bond acceptors (Lipinski definition) is 3. The molecule has 2 amide bonds. The lowest BCUT2D eigenvalue weighted by atomic mass is 10.1. The maximum absolute atomic E-state index is 12.6. The van der Waals surface area contributed by atoms with Crippen LogP contribution in [0.15, 0.2) is 54.6 Å². The third-order valence-corrected chi connectivity index (χ3v) is 5.29. The largest absolute Gasteiger partial charge is 0.368 e. The Morgan fingerprint density at radius 2 is 1.57 bits per heavy atom. The smallest absolute Gasteiger partial charge is 0.224 e. The predicted octanol–water partition coefficient (Wildman–Crippen LogP) is 3.08. The number of aryl methyl sites for hydroxylation is 1. The normalized spacial score (nSPS) is 14.1. The van der Waals surface area contributed by atoms with E-state index in [1.807, 2.05) is 54.3 Å². The van der Waals surface area contributed by atoms with Gasteiger partial charge in [-0.05, 0) is 24.6 Å². The van der Waals surface area contributed by atoms with E-state index in [-0.39, 0.29) is 11.8 Å². The van der Waals surface area contributed by atoms with E-state index >= 15 is 0 Å². The van der Waals surface area contributed by atoms with Crippen LogP contribution in [0.3, 0.4) is 0 Å². The molecule has 0 aromatic heterocycles. The first-order valence-corrected chi connectivity index (χ1v) is 9.92. The summed E-state index contributed by atoms with van der Waals surface area (Å²) in [4.78, 5) is 30.6. The van der Waals surface area contributed by atoms with Crippen LogP contribution < -0.4 is 4.90 Å². The molecule has 3 rings (SSSR count). The lowest BCUT2D eigenvalue weighted by Gasteiger charge is -2.36. The fourth-order valence-corrected chi connectivity index (χ4v) is 3.50. The van der Waals surface area contributed by atoms with Gasteiger partial charge in [-0.15, -0.1) is 0 Å². The zero-order chi connectivity index (χ0) is 19.9. The molecule has 2 aromatic carbocycles. The van der Waals surface area contributed by atoms with Gasteiger partial charge >= 0.3 is 0 Å². The van der Waals surface area contributed by atoms with E-state index in [0.717, 1.165) is 31.7 Å². The van der Waals surface area contributed by atoms with Crippen molar-refractivity contribution in [2.45, 2.75) is 26.8 Å². The Labute approximate surface area is 167 Å². The molecule has 5 nitrogen and oxygen atoms in total. The molecule has 2 aromatic rings. The highest BCUT2D eigenvalue weighted by atomic mass is 16.2. The molecule has 1 fully saturated rings. The number of rotatable bonds is 6. The molecule has 0 atom stereocenters. The number of carbonyl (C=O) groups is 2. The summed E-state index contributed by atoms with van der Waals surface area (Å²) in [6.45, 7) is 7.76. The lowest BCUT2D eigenvalue weighted by molar-refractivity contribution is -0.134. The predicted molar refractivity (Wildman–Crippen MR) is 112 cm³/mol. The molecule has 1 heterocycles. The van der Waals surface area contributed by atoms with E-state index in [1.165, 1.54) is 11.3 Å². The molecule has 0 radical (unpaired) electrons. The third kappa shape index (κ3) is 5.35. The Hall–Kier alpha value is -2.82. The van der Waals surface area contributed by atoms with Gasteiger partial charge in [0, 0.05) is 58.3 Å². The van der Waals surface area contributed by atoms with Gasteiger partial charge in [-0.1, -0.05) is 48.0 Å². The molecular weight excluding hydrogens is 350 g/mol. The van der Waals surface area contributed by atoms with Gasteiger partial charge in [-0.3, -0.25) is 9.59 Å². The maximum atomic E-state index is 12.6. The van der Waals surface area contributed by atoms with Crippen LogP contribution >= 0.6 is 0 Å². The van der Waals surface area contributed by atoms with Crippen molar-refractivity contribution in [3.8, 4) is 0 Å². The number of para-hydroxylation sites is 1. The van der Waals surface area contributed by atoms with Gasteiger partial charge in [-0.2, -0.15) is 0 Å². The van der Waals surface area contributed by atoms with Gasteiger partial charge in [0.2, 0.25) is 11.8 Å². The van der Waals surface area contributed by atoms with E-state index in [1.54, 1.807) is 11.8 Å². The van der Waals surface area contributed by atoms with Gasteiger partial charge in [-0.25, -0.2) is 0 Å². The van der Waals surface area contributed by atoms with Gasteiger partial charge in [0.05, 0.1) is 0 Å². The van der Waals surface area contributed by atoms with Crippen molar-refractivity contribution in [3.05, 3.63) is 65.7 Å². The molecule has 28 heavy (non-hydrogen) atoms. The van der Waals surface area contributed by atoms with Crippen LogP contribution in [0.1, 0.15) is 24.5 Å². The summed E-state index contributed by atoms with van der Waals surface area (Å²) in [5, 5.41) is 0. The minimum absolute atomic E-state index is 0.00210. The summed E-state index contributed by atoms with van der Waals surface area (Å²) < 4.78 is 0. The average molecular weight is 380 g/mol. The summed E-state index contributed by atoms with van der Waals surface area (Å²) in [6.07, 6.45) is 0.372. The van der Waals surface area contributed by atoms with Crippen LogP contribution in [0.2, 0.25) is 0 Å². The van der Waals surface area contributed by atoms with Crippen molar-refractivity contribution in [1.29, 1.82) is 0 Å². The molecule has 0 bridgehead atoms. The number of piperazine rings is 1. The Bertz CT molecular complexity index is 781. The molecule has 0 aliphatic carbocycles. The van der Waals surface area contributed by atoms with Crippen molar-refractivity contribution in [1.82, 2.24) is 9.80 Å². The average Bonchev–Trinajstić information content (AvgIpc) is 2.73. The van der Waals surface area contributed by atoms with E-state index < -0.39 is 0 Å². The molecule has 1 saturated heterocycles. The summed E-state index contributed by atoms with van der Waals surface area (Å²) in [6, 6.07) is 18.5. The number of anilines is 1. The van der Waals surface area contributed by atoms with Crippen molar-refractivity contribution >= 4 is 17.5 Å². The van der Waals surface area contributed by atoms with E-state index in [0.29, 0.717) is 19.5 Å². The summed E-state index contributed by atoms with van der Waals surface area (Å²) in [5.41, 5.74) is 3.49. The van der Waals surface area contributed by atoms with E-state index in [2.05, 4.69) is 17.0 Å². The quantitative estimate of drug-likeness (QED) is 0.775. The molecule has 0 saturated carbocycles. The SMILES string of the molecule is CC(=O)N(CCC(=O)N1CCN(c2ccccc2)CC1)Cc1ccc(C)cc1. The molecular formula is C23H29N3O2.